The Morgan fingerprint density at radius 2 is 1.81 bits per heavy atom. The van der Waals surface area contributed by atoms with Gasteiger partial charge in [-0.05, 0) is 60.2 Å². The van der Waals surface area contributed by atoms with Crippen LogP contribution in [0.5, 0.6) is 5.75 Å². The molecule has 3 nitrogen and oxygen atoms in total. The van der Waals surface area contributed by atoms with Crippen molar-refractivity contribution in [2.75, 3.05) is 18.2 Å². The molecular formula is C22H29NO2S. The van der Waals surface area contributed by atoms with Crippen LogP contribution in [0.4, 0.5) is 5.69 Å². The van der Waals surface area contributed by atoms with Gasteiger partial charge in [-0.1, -0.05) is 32.9 Å². The summed E-state index contributed by atoms with van der Waals surface area (Å²) in [7, 11) is 1.62. The van der Waals surface area contributed by atoms with Crippen molar-refractivity contribution in [1.29, 1.82) is 0 Å². The Bertz CT molecular complexity index is 778. The van der Waals surface area contributed by atoms with E-state index in [0.29, 0.717) is 12.2 Å². The molecule has 0 aromatic heterocycles. The monoisotopic (exact) mass is 371 g/mol. The summed E-state index contributed by atoms with van der Waals surface area (Å²) in [5, 5.41) is 3.00. The van der Waals surface area contributed by atoms with E-state index >= 15 is 0 Å². The lowest BCUT2D eigenvalue weighted by Gasteiger charge is -2.21. The number of aryl methyl sites for hydroxylation is 2. The van der Waals surface area contributed by atoms with Crippen molar-refractivity contribution in [3.63, 3.8) is 0 Å². The largest absolute Gasteiger partial charge is 0.495 e. The number of carbonyl (C=O) groups is 1. The molecule has 1 amide bonds. The molecule has 2 aromatic rings. The molecular weight excluding hydrogens is 342 g/mol. The quantitative estimate of drug-likeness (QED) is 0.659. The second-order valence-corrected chi connectivity index (χ2v) is 8.73. The Morgan fingerprint density at radius 3 is 2.42 bits per heavy atom. The summed E-state index contributed by atoms with van der Waals surface area (Å²) >= 11 is 1.71. The highest BCUT2D eigenvalue weighted by Gasteiger charge is 2.17. The molecule has 0 saturated heterocycles. The van der Waals surface area contributed by atoms with Crippen LogP contribution in [0.2, 0.25) is 0 Å². The molecule has 0 atom stereocenters. The van der Waals surface area contributed by atoms with Crippen LogP contribution >= 0.6 is 11.8 Å². The van der Waals surface area contributed by atoms with Gasteiger partial charge in [-0.15, -0.1) is 11.8 Å². The number of ether oxygens (including phenoxy) is 1. The molecule has 26 heavy (non-hydrogen) atoms. The maximum atomic E-state index is 12.4. The maximum Gasteiger partial charge on any atom is 0.225 e. The normalized spacial score (nSPS) is 11.3. The van der Waals surface area contributed by atoms with E-state index in [1.165, 1.54) is 16.0 Å². The Labute approximate surface area is 161 Å². The lowest BCUT2D eigenvalue weighted by atomic mass is 9.87. The summed E-state index contributed by atoms with van der Waals surface area (Å²) in [6, 6.07) is 12.4. The van der Waals surface area contributed by atoms with E-state index in [2.05, 4.69) is 58.1 Å². The van der Waals surface area contributed by atoms with Gasteiger partial charge in [0.05, 0.1) is 12.8 Å². The Balaban J connectivity index is 1.97. The lowest BCUT2D eigenvalue weighted by Crippen LogP contribution is -2.15. The second kappa shape index (κ2) is 8.63. The fraction of sp³-hybridized carbons (Fsp3) is 0.409. The van der Waals surface area contributed by atoms with E-state index in [-0.39, 0.29) is 11.3 Å². The van der Waals surface area contributed by atoms with Crippen LogP contribution in [0.25, 0.3) is 0 Å². The van der Waals surface area contributed by atoms with Crippen LogP contribution in [-0.4, -0.2) is 18.8 Å². The molecule has 0 spiro atoms. The highest BCUT2D eigenvalue weighted by Crippen LogP contribution is 2.31. The minimum absolute atomic E-state index is 0.00527. The smallest absolute Gasteiger partial charge is 0.225 e. The zero-order chi connectivity index (χ0) is 19.3. The van der Waals surface area contributed by atoms with Gasteiger partial charge in [-0.3, -0.25) is 4.79 Å². The van der Waals surface area contributed by atoms with Crippen molar-refractivity contribution in [3.05, 3.63) is 53.1 Å². The molecule has 4 heteroatoms. The summed E-state index contributed by atoms with van der Waals surface area (Å²) in [4.78, 5) is 13.6. The third-order valence-electron chi connectivity index (χ3n) is 4.42. The van der Waals surface area contributed by atoms with Gasteiger partial charge in [0.2, 0.25) is 5.91 Å². The minimum atomic E-state index is 0.00527. The van der Waals surface area contributed by atoms with Gasteiger partial charge in [0.25, 0.3) is 0 Å². The number of carbonyl (C=O) groups excluding carboxylic acids is 1. The number of anilines is 1. The second-order valence-electron chi connectivity index (χ2n) is 7.56. The molecule has 0 aliphatic heterocycles. The van der Waals surface area contributed by atoms with Crippen LogP contribution in [0, 0.1) is 13.8 Å². The number of amides is 1. The Kier molecular flexibility index (Phi) is 6.76. The number of hydrogen-bond acceptors (Lipinski definition) is 3. The highest BCUT2D eigenvalue weighted by molar-refractivity contribution is 7.99. The third-order valence-corrected chi connectivity index (χ3v) is 5.41. The van der Waals surface area contributed by atoms with Gasteiger partial charge in [0, 0.05) is 17.1 Å². The van der Waals surface area contributed by atoms with Crippen molar-refractivity contribution >= 4 is 23.4 Å². The summed E-state index contributed by atoms with van der Waals surface area (Å²) in [6.07, 6.45) is 0.459. The number of benzene rings is 2. The Morgan fingerprint density at radius 1 is 1.08 bits per heavy atom. The predicted octanol–water partition coefficient (Wildman–Crippen LogP) is 5.73. The molecule has 140 valence electrons. The number of nitrogens with one attached hydrogen (secondary N) is 1. The van der Waals surface area contributed by atoms with Crippen LogP contribution in [0.1, 0.15) is 43.9 Å². The van der Waals surface area contributed by atoms with Crippen LogP contribution in [-0.2, 0) is 10.2 Å². The van der Waals surface area contributed by atoms with Gasteiger partial charge < -0.3 is 10.1 Å². The zero-order valence-electron chi connectivity index (χ0n) is 16.6. The number of hydrogen-bond donors (Lipinski definition) is 1. The molecule has 0 heterocycles. The van der Waals surface area contributed by atoms with Crippen molar-refractivity contribution in [2.45, 2.75) is 51.3 Å². The Hall–Kier alpha value is -1.94. The third kappa shape index (κ3) is 5.53. The van der Waals surface area contributed by atoms with E-state index in [0.717, 1.165) is 17.0 Å². The average Bonchev–Trinajstić information content (AvgIpc) is 2.57. The molecule has 2 aromatic carbocycles. The molecule has 2 rings (SSSR count). The number of thioether (sulfide) groups is 1. The van der Waals surface area contributed by atoms with Gasteiger partial charge in [0.1, 0.15) is 5.75 Å². The average molecular weight is 372 g/mol. The van der Waals surface area contributed by atoms with Crippen molar-refractivity contribution in [3.8, 4) is 5.75 Å². The van der Waals surface area contributed by atoms with Crippen LogP contribution < -0.4 is 10.1 Å². The number of methoxy groups -OCH3 is 1. The fourth-order valence-corrected chi connectivity index (χ4v) is 3.50. The van der Waals surface area contributed by atoms with Gasteiger partial charge >= 0.3 is 0 Å². The highest BCUT2D eigenvalue weighted by atomic mass is 32.2. The molecule has 0 saturated carbocycles. The first-order chi connectivity index (χ1) is 12.2. The molecule has 0 fully saturated rings. The van der Waals surface area contributed by atoms with Crippen molar-refractivity contribution < 1.29 is 9.53 Å². The van der Waals surface area contributed by atoms with Gasteiger partial charge in [-0.2, -0.15) is 0 Å². The summed E-state index contributed by atoms with van der Waals surface area (Å²) < 4.78 is 5.39. The maximum absolute atomic E-state index is 12.4. The fourth-order valence-electron chi connectivity index (χ4n) is 2.55. The first kappa shape index (κ1) is 20.4. The predicted molar refractivity (Wildman–Crippen MR) is 112 cm³/mol. The molecule has 0 unspecified atom stereocenters. The lowest BCUT2D eigenvalue weighted by molar-refractivity contribution is -0.115. The standard InChI is InChI=1S/C22H29NO2S/c1-15-7-9-18(13-16(15)2)26-12-11-21(24)23-19-14-17(22(3,4)5)8-10-20(19)25-6/h7-10,13-14H,11-12H2,1-6H3,(H,23,24). The van der Waals surface area contributed by atoms with Gasteiger partial charge in [-0.25, -0.2) is 0 Å². The van der Waals surface area contributed by atoms with Crippen LogP contribution in [0.15, 0.2) is 41.3 Å². The van der Waals surface area contributed by atoms with E-state index in [4.69, 9.17) is 4.74 Å². The van der Waals surface area contributed by atoms with E-state index in [1.54, 1.807) is 18.9 Å². The zero-order valence-corrected chi connectivity index (χ0v) is 17.4. The van der Waals surface area contributed by atoms with E-state index in [9.17, 15) is 4.79 Å². The minimum Gasteiger partial charge on any atom is -0.495 e. The van der Waals surface area contributed by atoms with Crippen molar-refractivity contribution in [1.82, 2.24) is 0 Å². The first-order valence-corrected chi connectivity index (χ1v) is 9.87. The summed E-state index contributed by atoms with van der Waals surface area (Å²) in [5.74, 6) is 1.44. The topological polar surface area (TPSA) is 38.3 Å². The van der Waals surface area contributed by atoms with E-state index in [1.807, 2.05) is 18.2 Å². The molecule has 0 aliphatic carbocycles. The van der Waals surface area contributed by atoms with Crippen molar-refractivity contribution in [2.24, 2.45) is 0 Å². The van der Waals surface area contributed by atoms with Crippen LogP contribution in [0.3, 0.4) is 0 Å². The SMILES string of the molecule is COc1ccc(C(C)(C)C)cc1NC(=O)CCSc1ccc(C)c(C)c1. The molecule has 0 bridgehead atoms. The van der Waals surface area contributed by atoms with E-state index < -0.39 is 0 Å². The summed E-state index contributed by atoms with van der Waals surface area (Å²) in [5.41, 5.74) is 4.49. The van der Waals surface area contributed by atoms with Gasteiger partial charge in [0.15, 0.2) is 0 Å². The molecule has 1 N–H and O–H groups in total. The number of rotatable bonds is 6. The molecule has 0 radical (unpaired) electrons. The summed E-state index contributed by atoms with van der Waals surface area (Å²) in [6.45, 7) is 10.7. The first-order valence-electron chi connectivity index (χ1n) is 8.89. The molecule has 0 aliphatic rings.